The van der Waals surface area contributed by atoms with Gasteiger partial charge in [-0.1, -0.05) is 96.8 Å². The lowest BCUT2D eigenvalue weighted by Gasteiger charge is -2.18. The zero-order valence-corrected chi connectivity index (χ0v) is 23.4. The van der Waals surface area contributed by atoms with Gasteiger partial charge in [0.05, 0.1) is 32.5 Å². The third-order valence-corrected chi connectivity index (χ3v) is 6.94. The molecule has 0 radical (unpaired) electrons. The first-order valence-corrected chi connectivity index (χ1v) is 15.1. The summed E-state index contributed by atoms with van der Waals surface area (Å²) in [5.74, 6) is -1.37. The van der Waals surface area contributed by atoms with Gasteiger partial charge in [0.25, 0.3) is 0 Å². The Labute approximate surface area is 217 Å². The van der Waals surface area contributed by atoms with Crippen LogP contribution < -0.4 is 5.73 Å². The maximum absolute atomic E-state index is 11.7. The van der Waals surface area contributed by atoms with Crippen LogP contribution in [-0.4, -0.2) is 72.9 Å². The average molecular weight is 542 g/mol. The van der Waals surface area contributed by atoms with Crippen molar-refractivity contribution in [3.05, 3.63) is 0 Å². The quantitative estimate of drug-likeness (QED) is 0.0841. The fraction of sp³-hybridized carbons (Fsp3) is 0.960. The van der Waals surface area contributed by atoms with Crippen molar-refractivity contribution in [3.63, 3.8) is 0 Å². The molecule has 0 aliphatic rings. The largest absolute Gasteiger partial charge is 0.480 e. The molecule has 0 saturated carbocycles. The fourth-order valence-electron chi connectivity index (χ4n) is 3.68. The van der Waals surface area contributed by atoms with Gasteiger partial charge in [0.1, 0.15) is 12.1 Å². The second-order valence-electron chi connectivity index (χ2n) is 9.44. The fourth-order valence-corrected chi connectivity index (χ4v) is 4.47. The minimum Gasteiger partial charge on any atom is -0.480 e. The van der Waals surface area contributed by atoms with E-state index in [1.807, 2.05) is 0 Å². The number of carbonyl (C=O) groups is 1. The maximum Gasteiger partial charge on any atom is 0.472 e. The van der Waals surface area contributed by atoms with Crippen molar-refractivity contribution in [1.29, 1.82) is 0 Å². The SMILES string of the molecule is CCCCCCCCCCCCCCCCC(COCC(O)COP(=O)(O)OCC(N)C(=O)O)OC. The summed E-state index contributed by atoms with van der Waals surface area (Å²) in [7, 11) is -2.90. The normalized spacial score (nSPS) is 15.9. The highest BCUT2D eigenvalue weighted by molar-refractivity contribution is 7.47. The van der Waals surface area contributed by atoms with Crippen LogP contribution in [0.4, 0.5) is 0 Å². The van der Waals surface area contributed by atoms with E-state index in [0.717, 1.165) is 19.3 Å². The first kappa shape index (κ1) is 35.4. The number of phosphoric ester groups is 1. The number of carboxylic acid groups (broad SMARTS) is 1. The molecule has 0 saturated heterocycles. The zero-order valence-electron chi connectivity index (χ0n) is 22.5. The van der Waals surface area contributed by atoms with Crippen LogP contribution in [-0.2, 0) is 27.9 Å². The smallest absolute Gasteiger partial charge is 0.472 e. The van der Waals surface area contributed by atoms with E-state index in [1.165, 1.54) is 77.0 Å². The average Bonchev–Trinajstić information content (AvgIpc) is 2.85. The van der Waals surface area contributed by atoms with Gasteiger partial charge in [-0.3, -0.25) is 13.8 Å². The molecular weight excluding hydrogens is 489 g/mol. The number of carboxylic acids is 1. The van der Waals surface area contributed by atoms with Crippen LogP contribution in [0.1, 0.15) is 103 Å². The van der Waals surface area contributed by atoms with Gasteiger partial charge >= 0.3 is 13.8 Å². The Hall–Kier alpha value is -0.580. The molecule has 0 spiro atoms. The van der Waals surface area contributed by atoms with E-state index in [-0.39, 0.29) is 12.7 Å². The second kappa shape index (κ2) is 23.5. The Bertz CT molecular complexity index is 568. The maximum atomic E-state index is 11.7. The van der Waals surface area contributed by atoms with E-state index in [4.69, 9.17) is 20.3 Å². The summed E-state index contributed by atoms with van der Waals surface area (Å²) >= 11 is 0. The predicted molar refractivity (Wildman–Crippen MR) is 140 cm³/mol. The summed E-state index contributed by atoms with van der Waals surface area (Å²) in [6.45, 7) is 1.25. The van der Waals surface area contributed by atoms with Gasteiger partial charge in [0.15, 0.2) is 0 Å². The number of hydrogen-bond donors (Lipinski definition) is 4. The molecule has 0 aromatic heterocycles. The molecule has 36 heavy (non-hydrogen) atoms. The van der Waals surface area contributed by atoms with Gasteiger partial charge in [-0.2, -0.15) is 0 Å². The molecule has 0 amide bonds. The summed E-state index contributed by atoms with van der Waals surface area (Å²) in [6, 6.07) is -1.45. The Balaban J connectivity index is 3.67. The lowest BCUT2D eigenvalue weighted by molar-refractivity contribution is -0.139. The number of aliphatic hydroxyl groups is 1. The first-order valence-electron chi connectivity index (χ1n) is 13.6. The predicted octanol–water partition coefficient (Wildman–Crippen LogP) is 4.80. The van der Waals surface area contributed by atoms with Gasteiger partial charge in [0.2, 0.25) is 0 Å². The number of aliphatic carboxylic acids is 1. The minimum absolute atomic E-state index is 0.0831. The molecule has 0 fully saturated rings. The summed E-state index contributed by atoms with van der Waals surface area (Å²) in [4.78, 5) is 20.1. The van der Waals surface area contributed by atoms with Gasteiger partial charge in [0, 0.05) is 7.11 Å². The Morgan fingerprint density at radius 3 is 1.75 bits per heavy atom. The zero-order chi connectivity index (χ0) is 27.1. The highest BCUT2D eigenvalue weighted by Gasteiger charge is 2.25. The molecular formula is C25H52NO9P. The summed E-state index contributed by atoms with van der Waals surface area (Å²) in [6.07, 6.45) is 18.0. The Morgan fingerprint density at radius 2 is 1.28 bits per heavy atom. The lowest BCUT2D eigenvalue weighted by Crippen LogP contribution is -2.34. The molecule has 216 valence electrons. The van der Waals surface area contributed by atoms with Crippen molar-refractivity contribution in [2.75, 3.05) is 33.5 Å². The lowest BCUT2D eigenvalue weighted by atomic mass is 10.0. The molecule has 0 heterocycles. The van der Waals surface area contributed by atoms with E-state index in [0.29, 0.717) is 6.61 Å². The number of hydrogen-bond acceptors (Lipinski definition) is 8. The van der Waals surface area contributed by atoms with E-state index < -0.39 is 39.2 Å². The molecule has 10 nitrogen and oxygen atoms in total. The van der Waals surface area contributed by atoms with Gasteiger partial charge < -0.3 is 30.3 Å². The van der Waals surface area contributed by atoms with Crippen LogP contribution >= 0.6 is 7.82 Å². The van der Waals surface area contributed by atoms with Gasteiger partial charge in [-0.05, 0) is 6.42 Å². The van der Waals surface area contributed by atoms with E-state index in [1.54, 1.807) is 7.11 Å². The number of aliphatic hydroxyl groups excluding tert-OH is 1. The Morgan fingerprint density at radius 1 is 0.806 bits per heavy atom. The third-order valence-electron chi connectivity index (χ3n) is 5.99. The topological polar surface area (TPSA) is 158 Å². The summed E-state index contributed by atoms with van der Waals surface area (Å²) in [5, 5.41) is 18.5. The van der Waals surface area contributed by atoms with E-state index in [2.05, 4.69) is 16.0 Å². The summed E-state index contributed by atoms with van der Waals surface area (Å²) < 4.78 is 31.7. The monoisotopic (exact) mass is 541 g/mol. The van der Waals surface area contributed by atoms with Crippen molar-refractivity contribution in [2.45, 2.75) is 121 Å². The highest BCUT2D eigenvalue weighted by atomic mass is 31.2. The number of unbranched alkanes of at least 4 members (excludes halogenated alkanes) is 13. The molecule has 0 aromatic carbocycles. The molecule has 0 bridgehead atoms. The van der Waals surface area contributed by atoms with Crippen LogP contribution in [0.5, 0.6) is 0 Å². The molecule has 11 heteroatoms. The van der Waals surface area contributed by atoms with Gasteiger partial charge in [-0.15, -0.1) is 0 Å². The molecule has 4 atom stereocenters. The van der Waals surface area contributed by atoms with E-state index >= 15 is 0 Å². The van der Waals surface area contributed by atoms with Crippen molar-refractivity contribution in [3.8, 4) is 0 Å². The molecule has 0 rings (SSSR count). The van der Waals surface area contributed by atoms with Gasteiger partial charge in [-0.25, -0.2) is 4.57 Å². The standard InChI is InChI=1S/C25H52NO9P/c1-3-4-5-6-7-8-9-10-11-12-13-14-15-16-17-23(32-2)20-33-18-22(27)19-34-36(30,31)35-21-24(26)25(28)29/h22-24,27H,3-21,26H2,1-2H3,(H,28,29)(H,30,31). The number of phosphoric acid groups is 1. The highest BCUT2D eigenvalue weighted by Crippen LogP contribution is 2.43. The van der Waals surface area contributed by atoms with Crippen LogP contribution in [0.25, 0.3) is 0 Å². The molecule has 0 aromatic rings. The number of nitrogens with two attached hydrogens (primary N) is 1. The number of ether oxygens (including phenoxy) is 2. The van der Waals surface area contributed by atoms with Crippen LogP contribution in [0, 0.1) is 0 Å². The van der Waals surface area contributed by atoms with Crippen LogP contribution in [0.15, 0.2) is 0 Å². The van der Waals surface area contributed by atoms with Crippen LogP contribution in [0.3, 0.4) is 0 Å². The van der Waals surface area contributed by atoms with Crippen molar-refractivity contribution >= 4 is 13.8 Å². The number of methoxy groups -OCH3 is 1. The van der Waals surface area contributed by atoms with Crippen molar-refractivity contribution in [1.82, 2.24) is 0 Å². The summed E-state index contributed by atoms with van der Waals surface area (Å²) in [5.41, 5.74) is 5.19. The molecule has 5 N–H and O–H groups in total. The minimum atomic E-state index is -4.52. The first-order chi connectivity index (χ1) is 17.2. The van der Waals surface area contributed by atoms with E-state index in [9.17, 15) is 19.4 Å². The molecule has 0 aliphatic heterocycles. The van der Waals surface area contributed by atoms with Crippen LogP contribution in [0.2, 0.25) is 0 Å². The molecule has 0 aliphatic carbocycles. The third kappa shape index (κ3) is 22.6. The van der Waals surface area contributed by atoms with Crippen molar-refractivity contribution < 1.29 is 43.0 Å². The molecule has 4 unspecified atom stereocenters. The van der Waals surface area contributed by atoms with Crippen molar-refractivity contribution in [2.24, 2.45) is 5.73 Å². The number of rotatable bonds is 27. The Kier molecular flexibility index (Phi) is 23.2. The second-order valence-corrected chi connectivity index (χ2v) is 10.9.